The molecule has 3 heteroatoms. The Morgan fingerprint density at radius 2 is 1.84 bits per heavy atom. The van der Waals surface area contributed by atoms with Crippen molar-refractivity contribution in [2.24, 2.45) is 11.8 Å². The van der Waals surface area contributed by atoms with E-state index in [9.17, 15) is 9.50 Å². The molecule has 2 nitrogen and oxygen atoms in total. The Balaban J connectivity index is 2.02. The summed E-state index contributed by atoms with van der Waals surface area (Å²) in [5, 5.41) is 13.4. The molecule has 1 saturated carbocycles. The Hall–Kier alpha value is -1.09. The SMILES string of the molecule is CC1CC(C)CC(NC(C)c2ccc(F)cc2O)C1. The van der Waals surface area contributed by atoms with E-state index in [4.69, 9.17) is 0 Å². The molecular weight excluding hydrogens is 241 g/mol. The maximum Gasteiger partial charge on any atom is 0.126 e. The first-order chi connectivity index (χ1) is 8.95. The summed E-state index contributed by atoms with van der Waals surface area (Å²) >= 11 is 0. The Kier molecular flexibility index (Phi) is 4.46. The molecule has 0 saturated heterocycles. The average molecular weight is 265 g/mol. The van der Waals surface area contributed by atoms with E-state index >= 15 is 0 Å². The third kappa shape index (κ3) is 3.69. The maximum absolute atomic E-state index is 13.0. The van der Waals surface area contributed by atoms with Crippen molar-refractivity contribution in [2.75, 3.05) is 0 Å². The van der Waals surface area contributed by atoms with Gasteiger partial charge in [0.25, 0.3) is 0 Å². The first kappa shape index (κ1) is 14.3. The van der Waals surface area contributed by atoms with Gasteiger partial charge < -0.3 is 10.4 Å². The Bertz CT molecular complexity index is 425. The first-order valence-electron chi connectivity index (χ1n) is 7.20. The summed E-state index contributed by atoms with van der Waals surface area (Å²) in [4.78, 5) is 0. The van der Waals surface area contributed by atoms with Crippen LogP contribution in [-0.2, 0) is 0 Å². The molecular formula is C16H24FNO. The average Bonchev–Trinajstić information content (AvgIpc) is 2.26. The molecule has 1 aromatic carbocycles. The van der Waals surface area contributed by atoms with Gasteiger partial charge in [0, 0.05) is 23.7 Å². The fraction of sp³-hybridized carbons (Fsp3) is 0.625. The molecule has 3 atom stereocenters. The van der Waals surface area contributed by atoms with Gasteiger partial charge in [-0.3, -0.25) is 0 Å². The lowest BCUT2D eigenvalue weighted by Gasteiger charge is -2.34. The van der Waals surface area contributed by atoms with Gasteiger partial charge in [-0.15, -0.1) is 0 Å². The van der Waals surface area contributed by atoms with Gasteiger partial charge in [-0.05, 0) is 44.1 Å². The van der Waals surface area contributed by atoms with Gasteiger partial charge in [-0.25, -0.2) is 4.39 Å². The van der Waals surface area contributed by atoms with Crippen molar-refractivity contribution in [2.45, 2.75) is 52.1 Å². The van der Waals surface area contributed by atoms with E-state index in [1.807, 2.05) is 6.92 Å². The van der Waals surface area contributed by atoms with E-state index in [0.717, 1.165) is 17.4 Å². The highest BCUT2D eigenvalue weighted by Crippen LogP contribution is 2.31. The Labute approximate surface area is 115 Å². The number of aromatic hydroxyl groups is 1. The summed E-state index contributed by atoms with van der Waals surface area (Å²) in [6, 6.07) is 4.78. The number of halogens is 1. The Morgan fingerprint density at radius 3 is 2.42 bits per heavy atom. The van der Waals surface area contributed by atoms with Gasteiger partial charge in [-0.2, -0.15) is 0 Å². The number of rotatable bonds is 3. The lowest BCUT2D eigenvalue weighted by atomic mass is 9.80. The quantitative estimate of drug-likeness (QED) is 0.865. The van der Waals surface area contributed by atoms with Crippen molar-refractivity contribution in [1.29, 1.82) is 0 Å². The molecule has 2 N–H and O–H groups in total. The molecule has 1 fully saturated rings. The summed E-state index contributed by atoms with van der Waals surface area (Å²) in [6.45, 7) is 6.62. The van der Waals surface area contributed by atoms with Gasteiger partial charge in [-0.1, -0.05) is 19.9 Å². The fourth-order valence-corrected chi connectivity index (χ4v) is 3.41. The lowest BCUT2D eigenvalue weighted by Crippen LogP contribution is -2.37. The van der Waals surface area contributed by atoms with Crippen molar-refractivity contribution < 1.29 is 9.50 Å². The molecule has 0 bridgehead atoms. The van der Waals surface area contributed by atoms with Crippen molar-refractivity contribution in [3.63, 3.8) is 0 Å². The van der Waals surface area contributed by atoms with Crippen molar-refractivity contribution in [3.8, 4) is 5.75 Å². The molecule has 0 heterocycles. The first-order valence-corrected chi connectivity index (χ1v) is 7.20. The van der Waals surface area contributed by atoms with Crippen LogP contribution in [0.5, 0.6) is 5.75 Å². The minimum atomic E-state index is -0.395. The second-order valence-corrected chi connectivity index (χ2v) is 6.21. The molecule has 19 heavy (non-hydrogen) atoms. The van der Waals surface area contributed by atoms with Crippen molar-refractivity contribution in [1.82, 2.24) is 5.32 Å². The van der Waals surface area contributed by atoms with Crippen LogP contribution in [0.25, 0.3) is 0 Å². The zero-order chi connectivity index (χ0) is 14.0. The molecule has 3 unspecified atom stereocenters. The van der Waals surface area contributed by atoms with E-state index in [1.165, 1.54) is 31.4 Å². The zero-order valence-corrected chi connectivity index (χ0v) is 12.0. The van der Waals surface area contributed by atoms with Crippen LogP contribution >= 0.6 is 0 Å². The molecule has 0 spiro atoms. The predicted molar refractivity (Wildman–Crippen MR) is 75.6 cm³/mol. The van der Waals surface area contributed by atoms with Gasteiger partial charge in [0.05, 0.1) is 0 Å². The highest BCUT2D eigenvalue weighted by molar-refractivity contribution is 5.34. The highest BCUT2D eigenvalue weighted by atomic mass is 19.1. The molecule has 1 aliphatic rings. The number of phenols is 1. The van der Waals surface area contributed by atoms with Gasteiger partial charge >= 0.3 is 0 Å². The summed E-state index contributed by atoms with van der Waals surface area (Å²) < 4.78 is 13.0. The van der Waals surface area contributed by atoms with Crippen LogP contribution in [0.15, 0.2) is 18.2 Å². The summed E-state index contributed by atoms with van der Waals surface area (Å²) in [7, 11) is 0. The topological polar surface area (TPSA) is 32.3 Å². The van der Waals surface area contributed by atoms with E-state index < -0.39 is 5.82 Å². The number of hydrogen-bond donors (Lipinski definition) is 2. The fourth-order valence-electron chi connectivity index (χ4n) is 3.41. The standard InChI is InChI=1S/C16H24FNO/c1-10-6-11(2)8-14(7-10)18-12(3)15-5-4-13(17)9-16(15)19/h4-5,9-12,14,18-19H,6-8H2,1-3H3. The van der Waals surface area contributed by atoms with Crippen LogP contribution in [0.2, 0.25) is 0 Å². The highest BCUT2D eigenvalue weighted by Gasteiger charge is 2.25. The molecule has 1 aliphatic carbocycles. The maximum atomic E-state index is 13.0. The predicted octanol–water partition coefficient (Wildman–Crippen LogP) is 4.01. The number of nitrogens with one attached hydrogen (secondary N) is 1. The van der Waals surface area contributed by atoms with E-state index in [-0.39, 0.29) is 11.8 Å². The normalized spacial score (nSPS) is 29.2. The number of phenolic OH excluding ortho intramolecular Hbond substituents is 1. The van der Waals surface area contributed by atoms with E-state index in [1.54, 1.807) is 6.07 Å². The number of hydrogen-bond acceptors (Lipinski definition) is 2. The van der Waals surface area contributed by atoms with Crippen molar-refractivity contribution in [3.05, 3.63) is 29.6 Å². The van der Waals surface area contributed by atoms with Gasteiger partial charge in [0.1, 0.15) is 11.6 Å². The molecule has 2 rings (SSSR count). The second kappa shape index (κ2) is 5.91. The zero-order valence-electron chi connectivity index (χ0n) is 12.0. The summed E-state index contributed by atoms with van der Waals surface area (Å²) in [6.07, 6.45) is 3.65. The van der Waals surface area contributed by atoms with Crippen LogP contribution in [0.3, 0.4) is 0 Å². The molecule has 0 amide bonds. The third-order valence-electron chi connectivity index (χ3n) is 4.12. The smallest absolute Gasteiger partial charge is 0.126 e. The van der Waals surface area contributed by atoms with Gasteiger partial charge in [0.15, 0.2) is 0 Å². The largest absolute Gasteiger partial charge is 0.508 e. The minimum absolute atomic E-state index is 0.0388. The molecule has 0 radical (unpaired) electrons. The Morgan fingerprint density at radius 1 is 1.21 bits per heavy atom. The molecule has 106 valence electrons. The second-order valence-electron chi connectivity index (χ2n) is 6.21. The monoisotopic (exact) mass is 265 g/mol. The van der Waals surface area contributed by atoms with Crippen LogP contribution in [0.4, 0.5) is 4.39 Å². The third-order valence-corrected chi connectivity index (χ3v) is 4.12. The molecule has 0 aliphatic heterocycles. The van der Waals surface area contributed by atoms with E-state index in [0.29, 0.717) is 6.04 Å². The van der Waals surface area contributed by atoms with E-state index in [2.05, 4.69) is 19.2 Å². The van der Waals surface area contributed by atoms with Crippen molar-refractivity contribution >= 4 is 0 Å². The van der Waals surface area contributed by atoms with Crippen LogP contribution in [0, 0.1) is 17.7 Å². The minimum Gasteiger partial charge on any atom is -0.508 e. The lowest BCUT2D eigenvalue weighted by molar-refractivity contribution is 0.227. The number of benzene rings is 1. The summed E-state index contributed by atoms with van der Waals surface area (Å²) in [5.41, 5.74) is 0.771. The molecule has 1 aromatic rings. The van der Waals surface area contributed by atoms with Crippen LogP contribution in [-0.4, -0.2) is 11.1 Å². The van der Waals surface area contributed by atoms with Crippen LogP contribution < -0.4 is 5.32 Å². The molecule has 0 aromatic heterocycles. The summed E-state index contributed by atoms with van der Waals surface area (Å²) in [5.74, 6) is 1.13. The van der Waals surface area contributed by atoms with Crippen LogP contribution in [0.1, 0.15) is 51.6 Å². The van der Waals surface area contributed by atoms with Gasteiger partial charge in [0.2, 0.25) is 0 Å².